The molecule has 2 rings (SSSR count). The number of hydrogen-bond donors (Lipinski definition) is 0. The Morgan fingerprint density at radius 1 is 1.33 bits per heavy atom. The molecule has 0 radical (unpaired) electrons. The van der Waals surface area contributed by atoms with E-state index in [0.29, 0.717) is 26.7 Å². The molecule has 3 nitrogen and oxygen atoms in total. The fourth-order valence-corrected chi connectivity index (χ4v) is 1.85. The Bertz CT molecular complexity index is 584. The van der Waals surface area contributed by atoms with E-state index in [0.717, 1.165) is 0 Å². The molecule has 0 aliphatic rings. The summed E-state index contributed by atoms with van der Waals surface area (Å²) in [5.41, 5.74) is 1.24. The lowest BCUT2D eigenvalue weighted by molar-refractivity contribution is 0.386. The summed E-state index contributed by atoms with van der Waals surface area (Å²) >= 11 is 9.22. The third-order valence-corrected chi connectivity index (χ3v) is 3.84. The fraction of sp³-hybridized carbons (Fsp3) is 0.167. The monoisotopic (exact) mass is 330 g/mol. The average Bonchev–Trinajstić information content (AvgIpc) is 2.35. The molecule has 0 aliphatic heterocycles. The zero-order chi connectivity index (χ0) is 13.3. The lowest BCUT2D eigenvalue weighted by Gasteiger charge is -2.07. The van der Waals surface area contributed by atoms with Gasteiger partial charge in [0.15, 0.2) is 17.4 Å². The first-order valence-electron chi connectivity index (χ1n) is 5.06. The summed E-state index contributed by atoms with van der Waals surface area (Å²) in [5, 5.41) is 0.300. The molecule has 0 unspecified atom stereocenters. The number of aromatic nitrogens is 2. The van der Waals surface area contributed by atoms with Crippen LogP contribution in [0.5, 0.6) is 5.75 Å². The van der Waals surface area contributed by atoms with Crippen LogP contribution in [0.25, 0.3) is 11.4 Å². The molecule has 2 aromatic rings. The molecule has 0 saturated carbocycles. The van der Waals surface area contributed by atoms with Crippen molar-refractivity contribution in [1.82, 2.24) is 9.97 Å². The van der Waals surface area contributed by atoms with E-state index in [2.05, 4.69) is 25.9 Å². The molecule has 0 amide bonds. The van der Waals surface area contributed by atoms with Crippen molar-refractivity contribution in [3.05, 3.63) is 39.3 Å². The van der Waals surface area contributed by atoms with E-state index >= 15 is 0 Å². The van der Waals surface area contributed by atoms with Gasteiger partial charge in [0.25, 0.3) is 0 Å². The zero-order valence-electron chi connectivity index (χ0n) is 9.67. The molecule has 0 aliphatic carbocycles. The van der Waals surface area contributed by atoms with Crippen LogP contribution >= 0.6 is 27.5 Å². The minimum Gasteiger partial charge on any atom is -0.494 e. The first kappa shape index (κ1) is 13.2. The zero-order valence-corrected chi connectivity index (χ0v) is 12.0. The minimum absolute atomic E-state index is 0.179. The van der Waals surface area contributed by atoms with Crippen molar-refractivity contribution in [2.45, 2.75) is 6.92 Å². The molecule has 1 aromatic heterocycles. The summed E-state index contributed by atoms with van der Waals surface area (Å²) in [7, 11) is 1.41. The summed E-state index contributed by atoms with van der Waals surface area (Å²) in [6.45, 7) is 1.79. The van der Waals surface area contributed by atoms with Crippen molar-refractivity contribution in [2.24, 2.45) is 0 Å². The molecule has 0 fully saturated rings. The van der Waals surface area contributed by atoms with Gasteiger partial charge in [-0.1, -0.05) is 11.6 Å². The highest BCUT2D eigenvalue weighted by Crippen LogP contribution is 2.28. The molecule has 1 heterocycles. The lowest BCUT2D eigenvalue weighted by Crippen LogP contribution is -1.96. The van der Waals surface area contributed by atoms with Gasteiger partial charge < -0.3 is 4.74 Å². The van der Waals surface area contributed by atoms with Crippen LogP contribution in [0.2, 0.25) is 5.15 Å². The van der Waals surface area contributed by atoms with Crippen LogP contribution in [0.4, 0.5) is 4.39 Å². The molecular formula is C12H9BrClFN2O. The third kappa shape index (κ3) is 2.47. The Morgan fingerprint density at radius 2 is 2.06 bits per heavy atom. The Morgan fingerprint density at radius 3 is 2.61 bits per heavy atom. The van der Waals surface area contributed by atoms with Crippen molar-refractivity contribution in [2.75, 3.05) is 7.11 Å². The highest BCUT2D eigenvalue weighted by molar-refractivity contribution is 9.10. The molecule has 6 heteroatoms. The second-order valence-corrected chi connectivity index (χ2v) is 4.74. The van der Waals surface area contributed by atoms with Crippen LogP contribution in [0.3, 0.4) is 0 Å². The van der Waals surface area contributed by atoms with Gasteiger partial charge in [-0.25, -0.2) is 14.4 Å². The van der Waals surface area contributed by atoms with Gasteiger partial charge in [-0.3, -0.25) is 0 Å². The molecule has 0 spiro atoms. The van der Waals surface area contributed by atoms with Gasteiger partial charge >= 0.3 is 0 Å². The van der Waals surface area contributed by atoms with Crippen LogP contribution in [0, 0.1) is 12.7 Å². The van der Waals surface area contributed by atoms with Crippen LogP contribution in [0.1, 0.15) is 5.69 Å². The maximum Gasteiger partial charge on any atom is 0.165 e. The summed E-state index contributed by atoms with van der Waals surface area (Å²) in [6, 6.07) is 4.53. The number of benzene rings is 1. The number of rotatable bonds is 2. The Labute approximate surface area is 117 Å². The second-order valence-electron chi connectivity index (χ2n) is 3.59. The number of ether oxygens (including phenoxy) is 1. The minimum atomic E-state index is -0.463. The number of aryl methyl sites for hydroxylation is 1. The van der Waals surface area contributed by atoms with Gasteiger partial charge in [0.2, 0.25) is 0 Å². The van der Waals surface area contributed by atoms with Gasteiger partial charge in [-0.05, 0) is 41.1 Å². The van der Waals surface area contributed by atoms with Crippen molar-refractivity contribution in [3.8, 4) is 17.1 Å². The van der Waals surface area contributed by atoms with E-state index < -0.39 is 5.82 Å². The van der Waals surface area contributed by atoms with Gasteiger partial charge in [0.05, 0.1) is 17.3 Å². The summed E-state index contributed by atoms with van der Waals surface area (Å²) in [5.74, 6) is 0.0937. The van der Waals surface area contributed by atoms with E-state index in [-0.39, 0.29) is 5.75 Å². The summed E-state index contributed by atoms with van der Waals surface area (Å²) in [4.78, 5) is 8.35. The SMILES string of the molecule is COc1ccc(-c2nc(C)c(Br)c(Cl)n2)cc1F. The summed E-state index contributed by atoms with van der Waals surface area (Å²) in [6.07, 6.45) is 0. The first-order chi connectivity index (χ1) is 8.52. The van der Waals surface area contributed by atoms with Gasteiger partial charge in [-0.2, -0.15) is 0 Å². The van der Waals surface area contributed by atoms with Gasteiger partial charge in [-0.15, -0.1) is 0 Å². The molecule has 0 bridgehead atoms. The number of nitrogens with zero attached hydrogens (tertiary/aromatic N) is 2. The number of hydrogen-bond acceptors (Lipinski definition) is 3. The molecule has 0 saturated heterocycles. The van der Waals surface area contributed by atoms with Crippen molar-refractivity contribution in [1.29, 1.82) is 0 Å². The van der Waals surface area contributed by atoms with Crippen molar-refractivity contribution < 1.29 is 9.13 Å². The predicted octanol–water partition coefficient (Wildman–Crippen LogP) is 4.02. The van der Waals surface area contributed by atoms with E-state index in [9.17, 15) is 4.39 Å². The Kier molecular flexibility index (Phi) is 3.82. The van der Waals surface area contributed by atoms with Gasteiger partial charge in [0.1, 0.15) is 5.15 Å². The van der Waals surface area contributed by atoms with Crippen LogP contribution in [-0.2, 0) is 0 Å². The third-order valence-electron chi connectivity index (χ3n) is 2.39. The van der Waals surface area contributed by atoms with Crippen molar-refractivity contribution >= 4 is 27.5 Å². The predicted molar refractivity (Wildman–Crippen MR) is 71.4 cm³/mol. The van der Waals surface area contributed by atoms with E-state index in [1.54, 1.807) is 13.0 Å². The topological polar surface area (TPSA) is 35.0 Å². The van der Waals surface area contributed by atoms with Crippen LogP contribution in [0.15, 0.2) is 22.7 Å². The fourth-order valence-electron chi connectivity index (χ4n) is 1.46. The smallest absolute Gasteiger partial charge is 0.165 e. The molecule has 94 valence electrons. The molecule has 1 aromatic carbocycles. The molecule has 0 atom stereocenters. The lowest BCUT2D eigenvalue weighted by atomic mass is 10.2. The van der Waals surface area contributed by atoms with Gasteiger partial charge in [0, 0.05) is 5.56 Å². The standard InChI is InChI=1S/C12H9BrClFN2O/c1-6-10(13)11(14)17-12(16-6)7-3-4-9(18-2)8(15)5-7/h3-5H,1-2H3. The average molecular weight is 332 g/mol. The van der Waals surface area contributed by atoms with E-state index in [4.69, 9.17) is 16.3 Å². The van der Waals surface area contributed by atoms with Crippen molar-refractivity contribution in [3.63, 3.8) is 0 Å². The quantitative estimate of drug-likeness (QED) is 0.780. The maximum absolute atomic E-state index is 13.6. The van der Waals surface area contributed by atoms with Crippen LogP contribution < -0.4 is 4.74 Å². The Balaban J connectivity index is 2.52. The normalized spacial score (nSPS) is 10.5. The van der Waals surface area contributed by atoms with E-state index in [1.807, 2.05) is 0 Å². The highest BCUT2D eigenvalue weighted by Gasteiger charge is 2.11. The molecular weight excluding hydrogens is 322 g/mol. The second kappa shape index (κ2) is 5.20. The first-order valence-corrected chi connectivity index (χ1v) is 6.23. The van der Waals surface area contributed by atoms with E-state index in [1.165, 1.54) is 19.2 Å². The maximum atomic E-state index is 13.6. The van der Waals surface area contributed by atoms with Crippen LogP contribution in [-0.4, -0.2) is 17.1 Å². The molecule has 0 N–H and O–H groups in total. The number of methoxy groups -OCH3 is 1. The largest absolute Gasteiger partial charge is 0.494 e. The summed E-state index contributed by atoms with van der Waals surface area (Å²) < 4.78 is 19.1. The number of halogens is 3. The molecule has 18 heavy (non-hydrogen) atoms. The Hall–Kier alpha value is -1.20. The highest BCUT2D eigenvalue weighted by atomic mass is 79.9.